The van der Waals surface area contributed by atoms with Crippen LogP contribution < -0.4 is 4.74 Å². The number of benzene rings is 2. The highest BCUT2D eigenvalue weighted by Crippen LogP contribution is 2.17. The first-order valence-corrected chi connectivity index (χ1v) is 7.79. The average molecular weight is 346 g/mol. The Hall–Kier alpha value is -1.83. The minimum absolute atomic E-state index is 0.0723. The van der Waals surface area contributed by atoms with Gasteiger partial charge in [0, 0.05) is 5.33 Å². The van der Waals surface area contributed by atoms with E-state index in [0.717, 1.165) is 5.56 Å². The molecule has 0 aliphatic rings. The Morgan fingerprint density at radius 2 is 1.76 bits per heavy atom. The summed E-state index contributed by atoms with van der Waals surface area (Å²) < 4.78 is 11.5. The lowest BCUT2D eigenvalue weighted by Crippen LogP contribution is -2.23. The van der Waals surface area contributed by atoms with Gasteiger partial charge in [-0.1, -0.05) is 58.4 Å². The molecule has 4 heteroatoms. The van der Waals surface area contributed by atoms with Crippen LogP contribution in [-0.2, 0) is 11.3 Å². The molecular formula is C17H16BrNO2. The Kier molecular flexibility index (Phi) is 6.26. The predicted octanol–water partition coefficient (Wildman–Crippen LogP) is 3.92. The second-order valence-corrected chi connectivity index (χ2v) is 5.14. The van der Waals surface area contributed by atoms with Gasteiger partial charge in [0.05, 0.1) is 12.2 Å². The topological polar surface area (TPSA) is 42.2 Å². The lowest BCUT2D eigenvalue weighted by molar-refractivity contribution is 0.0251. The summed E-state index contributed by atoms with van der Waals surface area (Å²) in [4.78, 5) is 0. The third-order valence-corrected chi connectivity index (χ3v) is 3.66. The van der Waals surface area contributed by atoms with E-state index >= 15 is 0 Å². The molecule has 0 spiro atoms. The molecule has 1 unspecified atom stereocenters. The zero-order valence-corrected chi connectivity index (χ0v) is 13.1. The fourth-order valence-electron chi connectivity index (χ4n) is 1.79. The molecule has 0 amide bonds. The first-order chi connectivity index (χ1) is 10.3. The summed E-state index contributed by atoms with van der Waals surface area (Å²) in [5.74, 6) is 0.592. The lowest BCUT2D eigenvalue weighted by Gasteiger charge is -2.17. The highest BCUT2D eigenvalue weighted by molar-refractivity contribution is 9.09. The van der Waals surface area contributed by atoms with Crippen LogP contribution in [0.15, 0.2) is 54.6 Å². The van der Waals surface area contributed by atoms with Crippen molar-refractivity contribution in [2.75, 3.05) is 11.9 Å². The van der Waals surface area contributed by atoms with E-state index < -0.39 is 0 Å². The maximum Gasteiger partial charge on any atom is 0.137 e. The van der Waals surface area contributed by atoms with E-state index in [4.69, 9.17) is 14.7 Å². The van der Waals surface area contributed by atoms with Crippen molar-refractivity contribution in [3.63, 3.8) is 0 Å². The largest absolute Gasteiger partial charge is 0.489 e. The van der Waals surface area contributed by atoms with Gasteiger partial charge in [0.15, 0.2) is 0 Å². The predicted molar refractivity (Wildman–Crippen MR) is 85.5 cm³/mol. The fraction of sp³-hybridized carbons (Fsp3) is 0.235. The van der Waals surface area contributed by atoms with Crippen molar-refractivity contribution in [2.45, 2.75) is 12.7 Å². The Bertz CT molecular complexity index is 595. The third kappa shape index (κ3) is 4.89. The van der Waals surface area contributed by atoms with Gasteiger partial charge in [-0.3, -0.25) is 0 Å². The van der Waals surface area contributed by atoms with Crippen molar-refractivity contribution < 1.29 is 9.47 Å². The summed E-state index contributed by atoms with van der Waals surface area (Å²) in [5.41, 5.74) is 1.66. The zero-order chi connectivity index (χ0) is 14.9. The van der Waals surface area contributed by atoms with Gasteiger partial charge in [0.2, 0.25) is 0 Å². The number of halogens is 1. The van der Waals surface area contributed by atoms with E-state index in [1.165, 1.54) is 0 Å². The normalized spacial score (nSPS) is 11.6. The Labute approximate surface area is 133 Å². The van der Waals surface area contributed by atoms with E-state index in [9.17, 15) is 0 Å². The van der Waals surface area contributed by atoms with Crippen molar-refractivity contribution in [1.29, 1.82) is 5.26 Å². The molecule has 0 radical (unpaired) electrons. The van der Waals surface area contributed by atoms with Crippen molar-refractivity contribution in [1.82, 2.24) is 0 Å². The van der Waals surface area contributed by atoms with Crippen LogP contribution >= 0.6 is 15.9 Å². The molecule has 0 fully saturated rings. The number of alkyl halides is 1. The standard InChI is InChI=1S/C17H16BrNO2/c18-10-16(20-12-14-6-2-1-3-7-14)13-21-17-9-5-4-8-15(17)11-19/h1-9,16H,10,12-13H2. The number of para-hydroxylation sites is 1. The SMILES string of the molecule is N#Cc1ccccc1OCC(CBr)OCc1ccccc1. The number of hydrogen-bond acceptors (Lipinski definition) is 3. The molecule has 0 aliphatic carbocycles. The van der Waals surface area contributed by atoms with Gasteiger partial charge in [-0.05, 0) is 17.7 Å². The molecule has 0 saturated heterocycles. The Balaban J connectivity index is 1.87. The number of nitriles is 1. The van der Waals surface area contributed by atoms with Crippen LogP contribution in [0.25, 0.3) is 0 Å². The highest BCUT2D eigenvalue weighted by atomic mass is 79.9. The van der Waals surface area contributed by atoms with Crippen molar-refractivity contribution in [3.05, 3.63) is 65.7 Å². The second kappa shape index (κ2) is 8.46. The van der Waals surface area contributed by atoms with Crippen LogP contribution in [0, 0.1) is 11.3 Å². The van der Waals surface area contributed by atoms with Crippen LogP contribution in [0.3, 0.4) is 0 Å². The minimum atomic E-state index is -0.0723. The van der Waals surface area contributed by atoms with Gasteiger partial charge < -0.3 is 9.47 Å². The average Bonchev–Trinajstić information content (AvgIpc) is 2.56. The highest BCUT2D eigenvalue weighted by Gasteiger charge is 2.10. The molecule has 2 rings (SSSR count). The van der Waals surface area contributed by atoms with Crippen molar-refractivity contribution in [3.8, 4) is 11.8 Å². The summed E-state index contributed by atoms with van der Waals surface area (Å²) in [6.45, 7) is 0.942. The first-order valence-electron chi connectivity index (χ1n) is 6.67. The fourth-order valence-corrected chi connectivity index (χ4v) is 2.17. The van der Waals surface area contributed by atoms with Gasteiger partial charge in [0.25, 0.3) is 0 Å². The summed E-state index contributed by atoms with van der Waals surface area (Å²) in [6, 6.07) is 19.3. The van der Waals surface area contributed by atoms with Gasteiger partial charge in [-0.2, -0.15) is 5.26 Å². The molecule has 21 heavy (non-hydrogen) atoms. The maximum absolute atomic E-state index is 9.02. The van der Waals surface area contributed by atoms with Crippen LogP contribution in [-0.4, -0.2) is 18.0 Å². The van der Waals surface area contributed by atoms with Crippen LogP contribution in [0.5, 0.6) is 5.75 Å². The molecule has 1 atom stereocenters. The number of nitrogens with zero attached hydrogens (tertiary/aromatic N) is 1. The first kappa shape index (κ1) is 15.6. The van der Waals surface area contributed by atoms with E-state index in [1.54, 1.807) is 12.1 Å². The maximum atomic E-state index is 9.02. The summed E-state index contributed by atoms with van der Waals surface area (Å²) in [5, 5.41) is 9.70. The summed E-state index contributed by atoms with van der Waals surface area (Å²) >= 11 is 3.43. The lowest BCUT2D eigenvalue weighted by atomic mass is 10.2. The second-order valence-electron chi connectivity index (χ2n) is 4.49. The van der Waals surface area contributed by atoms with Gasteiger partial charge >= 0.3 is 0 Å². The Morgan fingerprint density at radius 3 is 2.48 bits per heavy atom. The van der Waals surface area contributed by atoms with Gasteiger partial charge in [0.1, 0.15) is 24.5 Å². The zero-order valence-electron chi connectivity index (χ0n) is 11.5. The quantitative estimate of drug-likeness (QED) is 0.714. The van der Waals surface area contributed by atoms with Crippen LogP contribution in [0.2, 0.25) is 0 Å². The third-order valence-electron chi connectivity index (χ3n) is 2.93. The number of rotatable bonds is 7. The molecule has 0 aromatic heterocycles. The summed E-state index contributed by atoms with van der Waals surface area (Å²) in [7, 11) is 0. The molecule has 0 N–H and O–H groups in total. The van der Waals surface area contributed by atoms with Crippen molar-refractivity contribution >= 4 is 15.9 Å². The molecule has 0 aliphatic heterocycles. The monoisotopic (exact) mass is 345 g/mol. The van der Waals surface area contributed by atoms with E-state index in [0.29, 0.717) is 29.9 Å². The van der Waals surface area contributed by atoms with E-state index in [2.05, 4.69) is 22.0 Å². The molecule has 0 heterocycles. The Morgan fingerprint density at radius 1 is 1.05 bits per heavy atom. The van der Waals surface area contributed by atoms with E-state index in [1.807, 2.05) is 42.5 Å². The number of hydrogen-bond donors (Lipinski definition) is 0. The smallest absolute Gasteiger partial charge is 0.137 e. The molecule has 2 aromatic carbocycles. The number of ether oxygens (including phenoxy) is 2. The molecule has 0 bridgehead atoms. The molecular weight excluding hydrogens is 330 g/mol. The van der Waals surface area contributed by atoms with E-state index in [-0.39, 0.29) is 6.10 Å². The van der Waals surface area contributed by atoms with Crippen LogP contribution in [0.1, 0.15) is 11.1 Å². The van der Waals surface area contributed by atoms with Gasteiger partial charge in [-0.25, -0.2) is 0 Å². The molecule has 0 saturated carbocycles. The van der Waals surface area contributed by atoms with Crippen LogP contribution in [0.4, 0.5) is 0 Å². The molecule has 3 nitrogen and oxygen atoms in total. The summed E-state index contributed by atoms with van der Waals surface area (Å²) in [6.07, 6.45) is -0.0723. The van der Waals surface area contributed by atoms with Gasteiger partial charge in [-0.15, -0.1) is 0 Å². The molecule has 2 aromatic rings. The molecule has 108 valence electrons. The van der Waals surface area contributed by atoms with Crippen molar-refractivity contribution in [2.24, 2.45) is 0 Å². The minimum Gasteiger partial charge on any atom is -0.489 e.